The Kier molecular flexibility index (Phi) is 4.46. The highest BCUT2D eigenvalue weighted by Crippen LogP contribution is 2.34. The molecule has 2 nitrogen and oxygen atoms in total. The van der Waals surface area contributed by atoms with Crippen LogP contribution in [0.3, 0.4) is 0 Å². The Morgan fingerprint density at radius 2 is 1.80 bits per heavy atom. The van der Waals surface area contributed by atoms with Gasteiger partial charge >= 0.3 is 0 Å². The van der Waals surface area contributed by atoms with Crippen LogP contribution in [0.5, 0.6) is 0 Å². The molecule has 1 aliphatic rings. The van der Waals surface area contributed by atoms with Gasteiger partial charge in [-0.15, -0.1) is 0 Å². The molecule has 1 saturated heterocycles. The normalized spacial score (nSPS) is 20.6. The maximum atomic E-state index is 12.9. The van der Waals surface area contributed by atoms with Crippen molar-refractivity contribution in [2.24, 2.45) is 11.3 Å². The quantitative estimate of drug-likeness (QED) is 0.756. The molecule has 2 rings (SSSR count). The summed E-state index contributed by atoms with van der Waals surface area (Å²) in [5.41, 5.74) is 0.884. The highest BCUT2D eigenvalue weighted by molar-refractivity contribution is 5.94. The molecule has 20 heavy (non-hydrogen) atoms. The fourth-order valence-electron chi connectivity index (χ4n) is 2.94. The predicted molar refractivity (Wildman–Crippen MR) is 79.1 cm³/mol. The van der Waals surface area contributed by atoms with Crippen molar-refractivity contribution in [2.45, 2.75) is 40.0 Å². The van der Waals surface area contributed by atoms with Crippen LogP contribution in [0.4, 0.5) is 4.39 Å². The lowest BCUT2D eigenvalue weighted by atomic mass is 9.77. The van der Waals surface area contributed by atoms with Gasteiger partial charge in [0.25, 0.3) is 5.91 Å². The molecule has 1 heterocycles. The second-order valence-electron chi connectivity index (χ2n) is 6.79. The van der Waals surface area contributed by atoms with Crippen LogP contribution in [0.2, 0.25) is 0 Å². The predicted octanol–water partition coefficient (Wildman–Crippen LogP) is 4.11. The first kappa shape index (κ1) is 15.0. The monoisotopic (exact) mass is 277 g/mol. The molecule has 1 aromatic rings. The van der Waals surface area contributed by atoms with Gasteiger partial charge < -0.3 is 4.90 Å². The highest BCUT2D eigenvalue weighted by atomic mass is 19.1. The van der Waals surface area contributed by atoms with Crippen molar-refractivity contribution in [1.29, 1.82) is 0 Å². The van der Waals surface area contributed by atoms with E-state index in [-0.39, 0.29) is 11.7 Å². The fraction of sp³-hybridized carbons (Fsp3) is 0.588. The summed E-state index contributed by atoms with van der Waals surface area (Å²) in [7, 11) is 0. The topological polar surface area (TPSA) is 20.3 Å². The Bertz CT molecular complexity index is 461. The standard InChI is InChI=1S/C17H24FNO/c1-17(2,3)14-5-4-11-19(12-10-14)16(20)13-6-8-15(18)9-7-13/h6-9,14H,4-5,10-12H2,1-3H3. The van der Waals surface area contributed by atoms with Gasteiger partial charge in [-0.05, 0) is 54.9 Å². The lowest BCUT2D eigenvalue weighted by Gasteiger charge is -2.29. The van der Waals surface area contributed by atoms with Crippen LogP contribution < -0.4 is 0 Å². The first-order chi connectivity index (χ1) is 9.38. The summed E-state index contributed by atoms with van der Waals surface area (Å²) in [5, 5.41) is 0. The third kappa shape index (κ3) is 3.59. The van der Waals surface area contributed by atoms with Gasteiger partial charge in [0, 0.05) is 18.7 Å². The molecular weight excluding hydrogens is 253 g/mol. The van der Waals surface area contributed by atoms with E-state index in [1.54, 1.807) is 12.1 Å². The van der Waals surface area contributed by atoms with E-state index in [1.807, 2.05) is 4.90 Å². The SMILES string of the molecule is CC(C)(C)C1CCCN(C(=O)c2ccc(F)cc2)CC1. The molecule has 1 unspecified atom stereocenters. The number of likely N-dealkylation sites (tertiary alicyclic amines) is 1. The number of nitrogens with zero attached hydrogens (tertiary/aromatic N) is 1. The van der Waals surface area contributed by atoms with E-state index in [0.29, 0.717) is 16.9 Å². The van der Waals surface area contributed by atoms with Crippen LogP contribution in [0.25, 0.3) is 0 Å². The van der Waals surface area contributed by atoms with E-state index in [0.717, 1.165) is 25.9 Å². The van der Waals surface area contributed by atoms with Gasteiger partial charge in [0.05, 0.1) is 0 Å². The molecule has 0 bridgehead atoms. The van der Waals surface area contributed by atoms with Gasteiger partial charge in [-0.3, -0.25) is 4.79 Å². The van der Waals surface area contributed by atoms with Gasteiger partial charge in [-0.2, -0.15) is 0 Å². The molecule has 0 N–H and O–H groups in total. The van der Waals surface area contributed by atoms with Crippen LogP contribution in [0.1, 0.15) is 50.4 Å². The molecule has 1 aliphatic heterocycles. The average Bonchev–Trinajstić information content (AvgIpc) is 2.64. The van der Waals surface area contributed by atoms with E-state index < -0.39 is 0 Å². The minimum Gasteiger partial charge on any atom is -0.339 e. The molecule has 110 valence electrons. The van der Waals surface area contributed by atoms with Gasteiger partial charge in [0.2, 0.25) is 0 Å². The van der Waals surface area contributed by atoms with Gasteiger partial charge in [-0.1, -0.05) is 20.8 Å². The second kappa shape index (κ2) is 5.94. The summed E-state index contributed by atoms with van der Waals surface area (Å²) in [6, 6.07) is 5.85. The minimum absolute atomic E-state index is 0.0274. The van der Waals surface area contributed by atoms with Crippen LogP contribution in [-0.4, -0.2) is 23.9 Å². The number of hydrogen-bond acceptors (Lipinski definition) is 1. The summed E-state index contributed by atoms with van der Waals surface area (Å²) < 4.78 is 12.9. The largest absolute Gasteiger partial charge is 0.339 e. The van der Waals surface area contributed by atoms with Crippen molar-refractivity contribution in [3.05, 3.63) is 35.6 Å². The number of carbonyl (C=O) groups excluding carboxylic acids is 1. The van der Waals surface area contributed by atoms with Crippen molar-refractivity contribution < 1.29 is 9.18 Å². The van der Waals surface area contributed by atoms with Crippen LogP contribution in [0, 0.1) is 17.2 Å². The zero-order chi connectivity index (χ0) is 14.8. The first-order valence-electron chi connectivity index (χ1n) is 7.43. The van der Waals surface area contributed by atoms with Crippen molar-refractivity contribution in [3.8, 4) is 0 Å². The minimum atomic E-state index is -0.301. The van der Waals surface area contributed by atoms with Gasteiger partial charge in [-0.25, -0.2) is 4.39 Å². The lowest BCUT2D eigenvalue weighted by Crippen LogP contribution is -2.32. The summed E-state index contributed by atoms with van der Waals surface area (Å²) >= 11 is 0. The van der Waals surface area contributed by atoms with Crippen molar-refractivity contribution in [1.82, 2.24) is 4.90 Å². The Hall–Kier alpha value is -1.38. The van der Waals surface area contributed by atoms with E-state index in [2.05, 4.69) is 20.8 Å². The lowest BCUT2D eigenvalue weighted by molar-refractivity contribution is 0.0755. The molecule has 3 heteroatoms. The Balaban J connectivity index is 2.03. The molecule has 1 aromatic carbocycles. The third-order valence-corrected chi connectivity index (χ3v) is 4.33. The summed E-state index contributed by atoms with van der Waals surface area (Å²) in [5.74, 6) is 0.387. The first-order valence-corrected chi connectivity index (χ1v) is 7.43. The van der Waals surface area contributed by atoms with Gasteiger partial charge in [0.1, 0.15) is 5.82 Å². The Morgan fingerprint density at radius 1 is 1.15 bits per heavy atom. The molecule has 0 radical (unpaired) electrons. The van der Waals surface area contributed by atoms with Crippen LogP contribution >= 0.6 is 0 Å². The zero-order valence-corrected chi connectivity index (χ0v) is 12.7. The van der Waals surface area contributed by atoms with E-state index in [1.165, 1.54) is 18.6 Å². The van der Waals surface area contributed by atoms with Crippen molar-refractivity contribution in [2.75, 3.05) is 13.1 Å². The molecule has 0 saturated carbocycles. The van der Waals surface area contributed by atoms with Crippen LogP contribution in [0.15, 0.2) is 24.3 Å². The molecule has 1 atom stereocenters. The number of hydrogen-bond donors (Lipinski definition) is 0. The maximum absolute atomic E-state index is 12.9. The van der Waals surface area contributed by atoms with Crippen LogP contribution in [-0.2, 0) is 0 Å². The van der Waals surface area contributed by atoms with E-state index in [9.17, 15) is 9.18 Å². The number of carbonyl (C=O) groups is 1. The number of halogens is 1. The molecule has 0 aromatic heterocycles. The number of benzene rings is 1. The van der Waals surface area contributed by atoms with Gasteiger partial charge in [0.15, 0.2) is 0 Å². The molecular formula is C17H24FNO. The molecule has 1 amide bonds. The van der Waals surface area contributed by atoms with Crippen molar-refractivity contribution in [3.63, 3.8) is 0 Å². The molecule has 0 aliphatic carbocycles. The maximum Gasteiger partial charge on any atom is 0.253 e. The zero-order valence-electron chi connectivity index (χ0n) is 12.7. The average molecular weight is 277 g/mol. The highest BCUT2D eigenvalue weighted by Gasteiger charge is 2.28. The number of rotatable bonds is 1. The summed E-state index contributed by atoms with van der Waals surface area (Å²) in [4.78, 5) is 14.3. The summed E-state index contributed by atoms with van der Waals surface area (Å²) in [6.45, 7) is 8.43. The van der Waals surface area contributed by atoms with Crippen molar-refractivity contribution >= 4 is 5.91 Å². The summed E-state index contributed by atoms with van der Waals surface area (Å²) in [6.07, 6.45) is 3.28. The van der Waals surface area contributed by atoms with E-state index >= 15 is 0 Å². The van der Waals surface area contributed by atoms with E-state index in [4.69, 9.17) is 0 Å². The molecule has 1 fully saturated rings. The molecule has 0 spiro atoms. The fourth-order valence-corrected chi connectivity index (χ4v) is 2.94. The second-order valence-corrected chi connectivity index (χ2v) is 6.79. The Morgan fingerprint density at radius 3 is 2.40 bits per heavy atom. The Labute approximate surface area is 121 Å². The third-order valence-electron chi connectivity index (χ3n) is 4.33. The number of amides is 1. The smallest absolute Gasteiger partial charge is 0.253 e.